The Kier molecular flexibility index (Phi) is 7.77. The normalized spacial score (nSPS) is 19.0. The second kappa shape index (κ2) is 10.8. The smallest absolute Gasteiger partial charge is 0.332 e. The number of nitrogens with zero attached hydrogens (tertiary/aromatic N) is 3. The summed E-state index contributed by atoms with van der Waals surface area (Å²) in [4.78, 5) is 53.3. The summed E-state index contributed by atoms with van der Waals surface area (Å²) < 4.78 is 27.4. The number of carbonyl (C=O) groups is 2. The maximum atomic E-state index is 15.1. The molecule has 196 valence electrons. The molecule has 1 unspecified atom stereocenters. The minimum atomic E-state index is -0.967. The monoisotopic (exact) mass is 504 g/mol. The van der Waals surface area contributed by atoms with E-state index in [1.54, 1.807) is 13.8 Å². The van der Waals surface area contributed by atoms with Gasteiger partial charge in [0.15, 0.2) is 6.04 Å². The number of esters is 1. The van der Waals surface area contributed by atoms with E-state index in [4.69, 9.17) is 9.47 Å². The van der Waals surface area contributed by atoms with Crippen molar-refractivity contribution in [2.24, 2.45) is 0 Å². The molecule has 1 aromatic carbocycles. The van der Waals surface area contributed by atoms with Gasteiger partial charge in [-0.05, 0) is 38.8 Å². The van der Waals surface area contributed by atoms with Gasteiger partial charge in [0.05, 0.1) is 36.9 Å². The zero-order valence-electron chi connectivity index (χ0n) is 20.9. The molecule has 0 bridgehead atoms. The summed E-state index contributed by atoms with van der Waals surface area (Å²) in [5, 5.41) is 3.25. The Balaban J connectivity index is 1.74. The van der Waals surface area contributed by atoms with E-state index in [1.165, 1.54) is 22.6 Å². The van der Waals surface area contributed by atoms with Crippen LogP contribution in [-0.2, 0) is 25.6 Å². The number of rotatable bonds is 6. The van der Waals surface area contributed by atoms with Crippen molar-refractivity contribution < 1.29 is 23.5 Å². The first-order chi connectivity index (χ1) is 17.2. The second-order valence-electron chi connectivity index (χ2n) is 9.67. The zero-order valence-corrected chi connectivity index (χ0v) is 20.9. The lowest BCUT2D eigenvalue weighted by atomic mass is 9.95. The number of morpholine rings is 1. The molecule has 1 amide bonds. The van der Waals surface area contributed by atoms with Gasteiger partial charge in [-0.25, -0.2) is 14.0 Å². The van der Waals surface area contributed by atoms with Crippen LogP contribution in [0.3, 0.4) is 0 Å². The van der Waals surface area contributed by atoms with E-state index in [1.807, 2.05) is 0 Å². The molecule has 0 spiro atoms. The van der Waals surface area contributed by atoms with E-state index in [0.717, 1.165) is 42.7 Å². The third kappa shape index (κ3) is 5.02. The first-order valence-corrected chi connectivity index (χ1v) is 12.4. The number of anilines is 1. The highest BCUT2D eigenvalue weighted by atomic mass is 19.1. The topological polar surface area (TPSA) is 112 Å². The number of carbonyl (C=O) groups excluding carboxylic acids is 2. The minimum absolute atomic E-state index is 0.00860. The van der Waals surface area contributed by atoms with E-state index in [0.29, 0.717) is 5.52 Å². The van der Waals surface area contributed by atoms with Gasteiger partial charge < -0.3 is 19.7 Å². The fraction of sp³-hybridized carbons (Fsp3) is 0.600. The van der Waals surface area contributed by atoms with Gasteiger partial charge in [-0.3, -0.25) is 18.7 Å². The van der Waals surface area contributed by atoms with E-state index in [-0.39, 0.29) is 42.9 Å². The number of hydrogen-bond acceptors (Lipinski definition) is 7. The minimum Gasteiger partial charge on any atom is -0.467 e. The Labute approximate surface area is 208 Å². The third-order valence-corrected chi connectivity index (χ3v) is 6.95. The number of halogens is 1. The van der Waals surface area contributed by atoms with Crippen molar-refractivity contribution in [2.75, 3.05) is 32.2 Å². The van der Waals surface area contributed by atoms with Gasteiger partial charge >= 0.3 is 11.7 Å². The van der Waals surface area contributed by atoms with Crippen molar-refractivity contribution in [3.05, 3.63) is 38.8 Å². The molecule has 2 heterocycles. The lowest BCUT2D eigenvalue weighted by Gasteiger charge is -2.33. The largest absolute Gasteiger partial charge is 0.467 e. The molecular formula is C25H33FN4O6. The molecule has 2 aromatic rings. The van der Waals surface area contributed by atoms with Gasteiger partial charge in [-0.1, -0.05) is 19.3 Å². The van der Waals surface area contributed by atoms with Gasteiger partial charge in [0.1, 0.15) is 12.4 Å². The number of amides is 1. The van der Waals surface area contributed by atoms with Crippen LogP contribution in [0.2, 0.25) is 0 Å². The average Bonchev–Trinajstić information content (AvgIpc) is 2.87. The van der Waals surface area contributed by atoms with Crippen LogP contribution >= 0.6 is 0 Å². The number of hydrogen-bond donors (Lipinski definition) is 1. The van der Waals surface area contributed by atoms with Crippen molar-refractivity contribution in [2.45, 2.75) is 70.6 Å². The van der Waals surface area contributed by atoms with Crippen molar-refractivity contribution >= 4 is 28.5 Å². The molecule has 1 aliphatic carbocycles. The lowest BCUT2D eigenvalue weighted by Crippen LogP contribution is -2.55. The summed E-state index contributed by atoms with van der Waals surface area (Å²) in [6, 6.07) is 1.46. The molecule has 4 rings (SSSR count). The molecular weight excluding hydrogens is 471 g/mol. The number of benzene rings is 1. The SMILES string of the molecule is COC(=O)C1COCCN1C(=O)Cn1c(=O)c2cc(F)c(NC3CCCCC3)cc2n(C(C)C)c1=O. The number of methoxy groups -OCH3 is 1. The Morgan fingerprint density at radius 3 is 2.58 bits per heavy atom. The summed E-state index contributed by atoms with van der Waals surface area (Å²) in [7, 11) is 1.21. The molecule has 1 saturated carbocycles. The van der Waals surface area contributed by atoms with Crippen LogP contribution in [0.15, 0.2) is 21.7 Å². The summed E-state index contributed by atoms with van der Waals surface area (Å²) in [5.74, 6) is -1.83. The van der Waals surface area contributed by atoms with E-state index < -0.39 is 41.5 Å². The van der Waals surface area contributed by atoms with Crippen LogP contribution in [0.4, 0.5) is 10.1 Å². The van der Waals surface area contributed by atoms with Gasteiger partial charge in [-0.2, -0.15) is 0 Å². The Morgan fingerprint density at radius 1 is 1.19 bits per heavy atom. The molecule has 1 aromatic heterocycles. The predicted octanol–water partition coefficient (Wildman–Crippen LogP) is 2.03. The molecule has 1 atom stereocenters. The van der Waals surface area contributed by atoms with E-state index >= 15 is 4.39 Å². The number of nitrogens with one attached hydrogen (secondary N) is 1. The molecule has 0 radical (unpaired) electrons. The average molecular weight is 505 g/mol. The molecule has 36 heavy (non-hydrogen) atoms. The number of fused-ring (bicyclic) bond motifs is 1. The van der Waals surface area contributed by atoms with Gasteiger partial charge in [-0.15, -0.1) is 0 Å². The maximum Gasteiger partial charge on any atom is 0.332 e. The molecule has 2 aliphatic rings. The Morgan fingerprint density at radius 2 is 1.92 bits per heavy atom. The van der Waals surface area contributed by atoms with E-state index in [9.17, 15) is 19.2 Å². The van der Waals surface area contributed by atoms with Crippen LogP contribution in [0.25, 0.3) is 10.9 Å². The molecule has 2 fully saturated rings. The second-order valence-corrected chi connectivity index (χ2v) is 9.67. The standard InChI is InChI=1S/C25H33FN4O6/c1-15(2)30-20-12-19(27-16-7-5-4-6-8-16)18(26)11-17(20)23(32)29(25(30)34)13-22(31)28-9-10-36-14-21(28)24(33)35-3/h11-12,15-16,21,27H,4-10,13-14H2,1-3H3. The van der Waals surface area contributed by atoms with Crippen molar-refractivity contribution in [3.63, 3.8) is 0 Å². The quantitative estimate of drug-likeness (QED) is 0.599. The summed E-state index contributed by atoms with van der Waals surface area (Å²) in [6.07, 6.45) is 5.18. The fourth-order valence-corrected chi connectivity index (χ4v) is 5.07. The van der Waals surface area contributed by atoms with Gasteiger partial charge in [0, 0.05) is 18.6 Å². The first kappa shape index (κ1) is 25.9. The Bertz CT molecular complexity index is 1260. The highest BCUT2D eigenvalue weighted by Gasteiger charge is 2.34. The molecule has 1 saturated heterocycles. The van der Waals surface area contributed by atoms with Gasteiger partial charge in [0.25, 0.3) is 5.56 Å². The zero-order chi connectivity index (χ0) is 26.0. The highest BCUT2D eigenvalue weighted by Crippen LogP contribution is 2.26. The summed E-state index contributed by atoms with van der Waals surface area (Å²) in [6.45, 7) is 3.27. The number of aromatic nitrogens is 2. The van der Waals surface area contributed by atoms with Crippen LogP contribution in [0.5, 0.6) is 0 Å². The van der Waals surface area contributed by atoms with Crippen LogP contribution in [0, 0.1) is 5.82 Å². The molecule has 10 nitrogen and oxygen atoms in total. The predicted molar refractivity (Wildman–Crippen MR) is 132 cm³/mol. The van der Waals surface area contributed by atoms with Gasteiger partial charge in [0.2, 0.25) is 5.91 Å². The molecule has 11 heteroatoms. The van der Waals surface area contributed by atoms with Crippen molar-refractivity contribution in [3.8, 4) is 0 Å². The van der Waals surface area contributed by atoms with E-state index in [2.05, 4.69) is 5.32 Å². The highest BCUT2D eigenvalue weighted by molar-refractivity contribution is 5.86. The fourth-order valence-electron chi connectivity index (χ4n) is 5.07. The van der Waals surface area contributed by atoms with Crippen LogP contribution < -0.4 is 16.6 Å². The Hall–Kier alpha value is -3.21. The van der Waals surface area contributed by atoms with Crippen molar-refractivity contribution in [1.82, 2.24) is 14.0 Å². The van der Waals surface area contributed by atoms with Crippen molar-refractivity contribution in [1.29, 1.82) is 0 Å². The van der Waals surface area contributed by atoms with Crippen LogP contribution in [-0.4, -0.2) is 64.9 Å². The summed E-state index contributed by atoms with van der Waals surface area (Å²) in [5.41, 5.74) is -0.868. The van der Waals surface area contributed by atoms with Crippen LogP contribution in [0.1, 0.15) is 52.0 Å². The first-order valence-electron chi connectivity index (χ1n) is 12.4. The third-order valence-electron chi connectivity index (χ3n) is 6.95. The summed E-state index contributed by atoms with van der Waals surface area (Å²) >= 11 is 0. The lowest BCUT2D eigenvalue weighted by molar-refractivity contribution is -0.161. The maximum absolute atomic E-state index is 15.1. The number of ether oxygens (including phenoxy) is 2. The molecule has 1 aliphatic heterocycles. The molecule has 1 N–H and O–H groups in total.